The molecule has 0 aliphatic heterocycles. The predicted octanol–water partition coefficient (Wildman–Crippen LogP) is 2.97. The number of carbonyl (C=O) groups is 1. The van der Waals surface area contributed by atoms with Crippen LogP contribution in [0.3, 0.4) is 0 Å². The van der Waals surface area contributed by atoms with E-state index in [0.29, 0.717) is 0 Å². The van der Waals surface area contributed by atoms with Crippen LogP contribution in [-0.4, -0.2) is 18.6 Å². The van der Waals surface area contributed by atoms with Crippen molar-refractivity contribution in [2.75, 3.05) is 6.54 Å². The van der Waals surface area contributed by atoms with Gasteiger partial charge in [0.1, 0.15) is 5.75 Å². The predicted molar refractivity (Wildman–Crippen MR) is 77.2 cm³/mol. The maximum absolute atomic E-state index is 11.7. The third-order valence-corrected chi connectivity index (χ3v) is 3.23. The van der Waals surface area contributed by atoms with Crippen molar-refractivity contribution < 1.29 is 9.53 Å². The molecule has 1 aromatic rings. The Morgan fingerprint density at radius 1 is 1.47 bits per heavy atom. The van der Waals surface area contributed by atoms with E-state index in [-0.39, 0.29) is 5.91 Å². The zero-order chi connectivity index (χ0) is 12.7. The van der Waals surface area contributed by atoms with E-state index < -0.39 is 6.10 Å². The average Bonchev–Trinajstić information content (AvgIpc) is 2.32. The maximum atomic E-state index is 11.7. The Hall–Kier alpha value is -0.780. The fourth-order valence-corrected chi connectivity index (χ4v) is 1.83. The van der Waals surface area contributed by atoms with Crippen molar-refractivity contribution in [3.05, 3.63) is 27.8 Å². The summed E-state index contributed by atoms with van der Waals surface area (Å²) in [5.41, 5.74) is 0. The van der Waals surface area contributed by atoms with Crippen LogP contribution in [0.2, 0.25) is 0 Å². The highest BCUT2D eigenvalue weighted by Gasteiger charge is 2.14. The molecule has 0 bridgehead atoms. The molecule has 1 N–H and O–H groups in total. The fraction of sp³-hybridized carbons (Fsp3) is 0.462. The first kappa shape index (κ1) is 14.3. The number of nitrogens with one attached hydrogen (secondary N) is 1. The zero-order valence-corrected chi connectivity index (χ0v) is 12.4. The molecule has 0 radical (unpaired) electrons. The second kappa shape index (κ2) is 7.53. The number of unbranched alkanes of at least 4 members (excludes halogenated alkanes) is 1. The fourth-order valence-electron chi connectivity index (χ4n) is 1.32. The highest BCUT2D eigenvalue weighted by atomic mass is 127. The summed E-state index contributed by atoms with van der Waals surface area (Å²) in [5, 5.41) is 2.86. The second-order valence-electron chi connectivity index (χ2n) is 3.84. The normalized spacial score (nSPS) is 11.9. The molecule has 1 atom stereocenters. The smallest absolute Gasteiger partial charge is 0.260 e. The maximum Gasteiger partial charge on any atom is 0.260 e. The van der Waals surface area contributed by atoms with Gasteiger partial charge in [-0.15, -0.1) is 0 Å². The molecule has 0 aromatic heterocycles. The summed E-state index contributed by atoms with van der Waals surface area (Å²) in [7, 11) is 0. The van der Waals surface area contributed by atoms with Gasteiger partial charge in [0.15, 0.2) is 6.10 Å². The highest BCUT2D eigenvalue weighted by Crippen LogP contribution is 2.20. The van der Waals surface area contributed by atoms with Gasteiger partial charge in [-0.05, 0) is 48.1 Å². The first-order valence-corrected chi connectivity index (χ1v) is 6.92. The lowest BCUT2D eigenvalue weighted by Crippen LogP contribution is -2.36. The van der Waals surface area contributed by atoms with E-state index in [0.717, 1.165) is 28.7 Å². The molecule has 0 saturated heterocycles. The summed E-state index contributed by atoms with van der Waals surface area (Å²) in [5.74, 6) is 0.698. The molecular weight excluding hydrogens is 329 g/mol. The molecule has 0 aliphatic rings. The lowest BCUT2D eigenvalue weighted by molar-refractivity contribution is -0.127. The SMILES string of the molecule is CCCCNC(=O)C(C)Oc1ccccc1I. The lowest BCUT2D eigenvalue weighted by atomic mass is 10.3. The Labute approximate surface area is 116 Å². The molecule has 0 fully saturated rings. The topological polar surface area (TPSA) is 38.3 Å². The minimum absolute atomic E-state index is 0.0573. The van der Waals surface area contributed by atoms with Crippen molar-refractivity contribution in [2.45, 2.75) is 32.8 Å². The van der Waals surface area contributed by atoms with Crippen LogP contribution in [0, 0.1) is 3.57 Å². The molecule has 1 unspecified atom stereocenters. The number of carbonyl (C=O) groups excluding carboxylic acids is 1. The Bertz CT molecular complexity index is 368. The van der Waals surface area contributed by atoms with Crippen LogP contribution in [0.4, 0.5) is 0 Å². The molecule has 3 nitrogen and oxygen atoms in total. The van der Waals surface area contributed by atoms with E-state index in [2.05, 4.69) is 34.8 Å². The van der Waals surface area contributed by atoms with Crippen molar-refractivity contribution in [3.63, 3.8) is 0 Å². The summed E-state index contributed by atoms with van der Waals surface area (Å²) < 4.78 is 6.63. The molecule has 0 spiro atoms. The van der Waals surface area contributed by atoms with E-state index >= 15 is 0 Å². The van der Waals surface area contributed by atoms with Crippen LogP contribution in [0.25, 0.3) is 0 Å². The third kappa shape index (κ3) is 4.93. The van der Waals surface area contributed by atoms with Gasteiger partial charge in [0.2, 0.25) is 0 Å². The summed E-state index contributed by atoms with van der Waals surface area (Å²) >= 11 is 2.20. The molecule has 1 aromatic carbocycles. The first-order chi connectivity index (χ1) is 8.15. The highest BCUT2D eigenvalue weighted by molar-refractivity contribution is 14.1. The van der Waals surface area contributed by atoms with Gasteiger partial charge in [-0.3, -0.25) is 4.79 Å². The van der Waals surface area contributed by atoms with E-state index in [9.17, 15) is 4.79 Å². The number of hydrogen-bond donors (Lipinski definition) is 1. The molecule has 0 heterocycles. The van der Waals surface area contributed by atoms with Gasteiger partial charge in [0.25, 0.3) is 5.91 Å². The standard InChI is InChI=1S/C13H18INO2/c1-3-4-9-15-13(16)10(2)17-12-8-6-5-7-11(12)14/h5-8,10H,3-4,9H2,1-2H3,(H,15,16). The molecule has 1 amide bonds. The van der Waals surface area contributed by atoms with Gasteiger partial charge < -0.3 is 10.1 Å². The van der Waals surface area contributed by atoms with Crippen molar-refractivity contribution in [3.8, 4) is 5.75 Å². The second-order valence-corrected chi connectivity index (χ2v) is 5.00. The zero-order valence-electron chi connectivity index (χ0n) is 10.2. The van der Waals surface area contributed by atoms with E-state index in [1.165, 1.54) is 0 Å². The number of halogens is 1. The van der Waals surface area contributed by atoms with Crippen LogP contribution in [-0.2, 0) is 4.79 Å². The van der Waals surface area contributed by atoms with Crippen molar-refractivity contribution in [1.82, 2.24) is 5.32 Å². The van der Waals surface area contributed by atoms with E-state index in [1.807, 2.05) is 24.3 Å². The third-order valence-electron chi connectivity index (χ3n) is 2.34. The van der Waals surface area contributed by atoms with Crippen LogP contribution < -0.4 is 10.1 Å². The Balaban J connectivity index is 2.46. The van der Waals surface area contributed by atoms with Gasteiger partial charge in [-0.25, -0.2) is 0 Å². The number of benzene rings is 1. The summed E-state index contributed by atoms with van der Waals surface area (Å²) in [4.78, 5) is 11.7. The molecule has 1 rings (SSSR count). The minimum atomic E-state index is -0.456. The number of amides is 1. The number of hydrogen-bond acceptors (Lipinski definition) is 2. The molecule has 0 aliphatic carbocycles. The first-order valence-electron chi connectivity index (χ1n) is 5.84. The van der Waals surface area contributed by atoms with Crippen molar-refractivity contribution in [1.29, 1.82) is 0 Å². The van der Waals surface area contributed by atoms with Gasteiger partial charge in [0.05, 0.1) is 3.57 Å². The summed E-state index contributed by atoms with van der Waals surface area (Å²) in [6.45, 7) is 4.58. The number of rotatable bonds is 6. The van der Waals surface area contributed by atoms with Crippen molar-refractivity contribution >= 4 is 28.5 Å². The van der Waals surface area contributed by atoms with Crippen LogP contribution in [0.15, 0.2) is 24.3 Å². The monoisotopic (exact) mass is 347 g/mol. The molecule has 94 valence electrons. The van der Waals surface area contributed by atoms with Crippen LogP contribution in [0.5, 0.6) is 5.75 Å². The molecule has 0 saturated carbocycles. The quantitative estimate of drug-likeness (QED) is 0.635. The minimum Gasteiger partial charge on any atom is -0.480 e. The Morgan fingerprint density at radius 2 is 2.18 bits per heavy atom. The molecular formula is C13H18INO2. The average molecular weight is 347 g/mol. The van der Waals surface area contributed by atoms with E-state index in [1.54, 1.807) is 6.92 Å². The van der Waals surface area contributed by atoms with Gasteiger partial charge >= 0.3 is 0 Å². The van der Waals surface area contributed by atoms with Crippen LogP contribution >= 0.6 is 22.6 Å². The largest absolute Gasteiger partial charge is 0.480 e. The van der Waals surface area contributed by atoms with Gasteiger partial charge in [-0.2, -0.15) is 0 Å². The Kier molecular flexibility index (Phi) is 6.32. The van der Waals surface area contributed by atoms with E-state index in [4.69, 9.17) is 4.74 Å². The van der Waals surface area contributed by atoms with Gasteiger partial charge in [0, 0.05) is 6.54 Å². The summed E-state index contributed by atoms with van der Waals surface area (Å²) in [6.07, 6.45) is 1.62. The molecule has 4 heteroatoms. The molecule has 17 heavy (non-hydrogen) atoms. The van der Waals surface area contributed by atoms with Crippen LogP contribution in [0.1, 0.15) is 26.7 Å². The van der Waals surface area contributed by atoms with Crippen molar-refractivity contribution in [2.24, 2.45) is 0 Å². The van der Waals surface area contributed by atoms with Gasteiger partial charge in [-0.1, -0.05) is 25.5 Å². The lowest BCUT2D eigenvalue weighted by Gasteiger charge is -2.15. The summed E-state index contributed by atoms with van der Waals surface area (Å²) in [6, 6.07) is 7.68. The number of ether oxygens (including phenoxy) is 1. The Morgan fingerprint density at radius 3 is 2.82 bits per heavy atom. The number of para-hydroxylation sites is 1.